The number of rotatable bonds is 4. The fourth-order valence-corrected chi connectivity index (χ4v) is 1.68. The standard InChI is InChI=1S/C11H10ClN3O3/c12-8-3-1-2-7(4-8)10(16)6-15-5-9(11(17)18)13-14-15/h1-5,10,16H,6H2,(H,17,18)/t10-/m0/s1. The molecule has 0 aliphatic carbocycles. The molecule has 7 heteroatoms. The maximum atomic E-state index is 10.6. The van der Waals surface area contributed by atoms with Gasteiger partial charge in [0.1, 0.15) is 0 Å². The molecule has 0 aliphatic heterocycles. The minimum atomic E-state index is -1.15. The summed E-state index contributed by atoms with van der Waals surface area (Å²) in [5, 5.41) is 26.2. The van der Waals surface area contributed by atoms with E-state index in [4.69, 9.17) is 16.7 Å². The minimum Gasteiger partial charge on any atom is -0.476 e. The maximum Gasteiger partial charge on any atom is 0.358 e. The molecular weight excluding hydrogens is 258 g/mol. The van der Waals surface area contributed by atoms with Gasteiger partial charge in [0.25, 0.3) is 0 Å². The first-order valence-corrected chi connectivity index (χ1v) is 5.51. The number of aliphatic hydroxyl groups excluding tert-OH is 1. The molecule has 6 nitrogen and oxygen atoms in total. The summed E-state index contributed by atoms with van der Waals surface area (Å²) >= 11 is 5.81. The molecule has 2 N–H and O–H groups in total. The van der Waals surface area contributed by atoms with E-state index in [9.17, 15) is 9.90 Å². The second-order valence-electron chi connectivity index (χ2n) is 3.70. The predicted molar refractivity (Wildman–Crippen MR) is 63.4 cm³/mol. The lowest BCUT2D eigenvalue weighted by molar-refractivity contribution is 0.0690. The molecule has 94 valence electrons. The third-order valence-corrected chi connectivity index (χ3v) is 2.59. The monoisotopic (exact) mass is 267 g/mol. The van der Waals surface area contributed by atoms with Crippen molar-refractivity contribution in [2.45, 2.75) is 12.6 Å². The number of nitrogens with zero attached hydrogens (tertiary/aromatic N) is 3. The smallest absolute Gasteiger partial charge is 0.358 e. The molecule has 1 atom stereocenters. The van der Waals surface area contributed by atoms with E-state index in [2.05, 4.69) is 10.3 Å². The van der Waals surface area contributed by atoms with Crippen molar-refractivity contribution in [2.24, 2.45) is 0 Å². The maximum absolute atomic E-state index is 10.6. The second kappa shape index (κ2) is 5.16. The van der Waals surface area contributed by atoms with Crippen LogP contribution in [0.2, 0.25) is 5.02 Å². The van der Waals surface area contributed by atoms with Crippen LogP contribution < -0.4 is 0 Å². The highest BCUT2D eigenvalue weighted by Gasteiger charge is 2.12. The quantitative estimate of drug-likeness (QED) is 0.873. The van der Waals surface area contributed by atoms with Crippen LogP contribution in [-0.2, 0) is 6.54 Å². The number of benzene rings is 1. The van der Waals surface area contributed by atoms with Gasteiger partial charge in [-0.15, -0.1) is 5.10 Å². The predicted octanol–water partition coefficient (Wildman–Crippen LogP) is 1.36. The lowest BCUT2D eigenvalue weighted by atomic mass is 10.1. The van der Waals surface area contributed by atoms with Crippen LogP contribution in [0.4, 0.5) is 0 Å². The molecule has 0 bridgehead atoms. The highest BCUT2D eigenvalue weighted by atomic mass is 35.5. The third-order valence-electron chi connectivity index (χ3n) is 2.35. The van der Waals surface area contributed by atoms with Crippen LogP contribution >= 0.6 is 11.6 Å². The van der Waals surface area contributed by atoms with Crippen LogP contribution in [0, 0.1) is 0 Å². The largest absolute Gasteiger partial charge is 0.476 e. The third kappa shape index (κ3) is 2.85. The zero-order valence-corrected chi connectivity index (χ0v) is 9.95. The van der Waals surface area contributed by atoms with Gasteiger partial charge in [-0.2, -0.15) is 0 Å². The molecule has 0 unspecified atom stereocenters. The highest BCUT2D eigenvalue weighted by Crippen LogP contribution is 2.18. The van der Waals surface area contributed by atoms with E-state index >= 15 is 0 Å². The van der Waals surface area contributed by atoms with Crippen LogP contribution in [0.25, 0.3) is 0 Å². The van der Waals surface area contributed by atoms with Crippen LogP contribution in [0.3, 0.4) is 0 Å². The first-order chi connectivity index (χ1) is 8.56. The van der Waals surface area contributed by atoms with Crippen molar-refractivity contribution in [3.63, 3.8) is 0 Å². The van der Waals surface area contributed by atoms with Crippen molar-refractivity contribution in [3.8, 4) is 0 Å². The number of hydrogen-bond donors (Lipinski definition) is 2. The van der Waals surface area contributed by atoms with Gasteiger partial charge in [-0.05, 0) is 17.7 Å². The SMILES string of the molecule is O=C(O)c1cn(C[C@H](O)c2cccc(Cl)c2)nn1. The van der Waals surface area contributed by atoms with E-state index in [-0.39, 0.29) is 12.2 Å². The Morgan fingerprint density at radius 2 is 2.28 bits per heavy atom. The summed E-state index contributed by atoms with van der Waals surface area (Å²) in [5.74, 6) is -1.15. The minimum absolute atomic E-state index is 0.112. The fourth-order valence-electron chi connectivity index (χ4n) is 1.48. The van der Waals surface area contributed by atoms with E-state index in [1.54, 1.807) is 24.3 Å². The first kappa shape index (κ1) is 12.5. The van der Waals surface area contributed by atoms with Gasteiger partial charge in [-0.3, -0.25) is 0 Å². The summed E-state index contributed by atoms with van der Waals surface area (Å²) in [6.07, 6.45) is 0.433. The number of hydrogen-bond acceptors (Lipinski definition) is 4. The summed E-state index contributed by atoms with van der Waals surface area (Å²) in [4.78, 5) is 10.6. The molecule has 1 heterocycles. The van der Waals surface area contributed by atoms with E-state index in [1.807, 2.05) is 0 Å². The van der Waals surface area contributed by atoms with E-state index in [0.29, 0.717) is 10.6 Å². The summed E-state index contributed by atoms with van der Waals surface area (Å²) < 4.78 is 1.27. The Hall–Kier alpha value is -1.92. The zero-order chi connectivity index (χ0) is 13.1. The molecule has 2 rings (SSSR count). The molecule has 0 radical (unpaired) electrons. The Bertz CT molecular complexity index is 570. The van der Waals surface area contributed by atoms with Gasteiger partial charge in [0.2, 0.25) is 0 Å². The summed E-state index contributed by atoms with van der Waals surface area (Å²) in [6, 6.07) is 6.80. The molecule has 0 spiro atoms. The number of aliphatic hydroxyl groups is 1. The fraction of sp³-hybridized carbons (Fsp3) is 0.182. The number of carboxylic acids is 1. The number of halogens is 1. The van der Waals surface area contributed by atoms with E-state index < -0.39 is 12.1 Å². The van der Waals surface area contributed by atoms with Gasteiger partial charge >= 0.3 is 5.97 Å². The molecule has 0 amide bonds. The van der Waals surface area contributed by atoms with Gasteiger partial charge in [0.15, 0.2) is 5.69 Å². The van der Waals surface area contributed by atoms with Crippen LogP contribution in [0.15, 0.2) is 30.5 Å². The molecule has 1 aromatic carbocycles. The van der Waals surface area contributed by atoms with Crippen molar-refractivity contribution in [1.82, 2.24) is 15.0 Å². The molecule has 18 heavy (non-hydrogen) atoms. The Kier molecular flexibility index (Phi) is 3.59. The number of aromatic carboxylic acids is 1. The highest BCUT2D eigenvalue weighted by molar-refractivity contribution is 6.30. The molecule has 0 aliphatic rings. The molecular formula is C11H10ClN3O3. The van der Waals surface area contributed by atoms with Crippen molar-refractivity contribution >= 4 is 17.6 Å². The van der Waals surface area contributed by atoms with Gasteiger partial charge in [0, 0.05) is 5.02 Å². The Labute approximate surface area is 107 Å². The summed E-state index contributed by atoms with van der Waals surface area (Å²) in [5.41, 5.74) is 0.475. The molecule has 1 aromatic heterocycles. The summed E-state index contributed by atoms with van der Waals surface area (Å²) in [6.45, 7) is 0.112. The Balaban J connectivity index is 2.11. The van der Waals surface area contributed by atoms with Crippen molar-refractivity contribution in [2.75, 3.05) is 0 Å². The molecule has 2 aromatic rings. The Morgan fingerprint density at radius 1 is 1.50 bits per heavy atom. The number of carbonyl (C=O) groups is 1. The molecule has 0 saturated carbocycles. The van der Waals surface area contributed by atoms with Crippen LogP contribution in [0.1, 0.15) is 22.2 Å². The van der Waals surface area contributed by atoms with Gasteiger partial charge in [0.05, 0.1) is 18.8 Å². The van der Waals surface area contributed by atoms with Gasteiger partial charge < -0.3 is 10.2 Å². The number of aromatic nitrogens is 3. The van der Waals surface area contributed by atoms with E-state index in [0.717, 1.165) is 0 Å². The topological polar surface area (TPSA) is 88.2 Å². The molecule has 0 saturated heterocycles. The lowest BCUT2D eigenvalue weighted by Gasteiger charge is -2.10. The zero-order valence-electron chi connectivity index (χ0n) is 9.19. The van der Waals surface area contributed by atoms with Crippen molar-refractivity contribution in [1.29, 1.82) is 0 Å². The first-order valence-electron chi connectivity index (χ1n) is 5.13. The normalized spacial score (nSPS) is 12.3. The van der Waals surface area contributed by atoms with Gasteiger partial charge in [-0.1, -0.05) is 28.9 Å². The average molecular weight is 268 g/mol. The average Bonchev–Trinajstić information content (AvgIpc) is 2.77. The number of carboxylic acid groups (broad SMARTS) is 1. The lowest BCUT2D eigenvalue weighted by Crippen LogP contribution is -2.09. The second-order valence-corrected chi connectivity index (χ2v) is 4.14. The molecule has 0 fully saturated rings. The van der Waals surface area contributed by atoms with Crippen LogP contribution in [0.5, 0.6) is 0 Å². The summed E-state index contributed by atoms with van der Waals surface area (Å²) in [7, 11) is 0. The van der Waals surface area contributed by atoms with Crippen molar-refractivity contribution < 1.29 is 15.0 Å². The Morgan fingerprint density at radius 3 is 2.89 bits per heavy atom. The van der Waals surface area contributed by atoms with Crippen LogP contribution in [-0.4, -0.2) is 31.2 Å². The van der Waals surface area contributed by atoms with E-state index in [1.165, 1.54) is 10.9 Å². The van der Waals surface area contributed by atoms with Crippen molar-refractivity contribution in [3.05, 3.63) is 46.7 Å². The van der Waals surface area contributed by atoms with Gasteiger partial charge in [-0.25, -0.2) is 9.48 Å².